The van der Waals surface area contributed by atoms with Crippen LogP contribution in [0.15, 0.2) is 18.3 Å². The molecule has 0 atom stereocenters. The molecule has 0 aromatic carbocycles. The fourth-order valence-electron chi connectivity index (χ4n) is 1.63. The molecule has 0 saturated heterocycles. The van der Waals surface area contributed by atoms with Crippen LogP contribution in [0.1, 0.15) is 27.0 Å². The largest absolute Gasteiger partial charge is 0.389 e. The number of carbonyl (C=O) groups is 1. The predicted molar refractivity (Wildman–Crippen MR) is 80.7 cm³/mol. The maximum atomic E-state index is 12.1. The number of aryl methyl sites for hydroxylation is 2. The molecule has 100 valence electrons. The lowest BCUT2D eigenvalue weighted by molar-refractivity contribution is 0.102. The molecule has 0 aliphatic rings. The Morgan fingerprint density at radius 3 is 2.89 bits per heavy atom. The van der Waals surface area contributed by atoms with Gasteiger partial charge in [0.15, 0.2) is 0 Å². The number of thiocarbonyl (C=S) groups is 1. The van der Waals surface area contributed by atoms with Gasteiger partial charge in [0.2, 0.25) is 0 Å². The maximum absolute atomic E-state index is 12.1. The molecule has 0 radical (unpaired) electrons. The van der Waals surface area contributed by atoms with Gasteiger partial charge in [-0.15, -0.1) is 11.3 Å². The third-order valence-corrected chi connectivity index (χ3v) is 4.12. The van der Waals surface area contributed by atoms with Crippen LogP contribution in [0, 0.1) is 0 Å². The molecular formula is C12H14N4OS2. The van der Waals surface area contributed by atoms with E-state index >= 15 is 0 Å². The number of nitrogens with zero attached hydrogens (tertiary/aromatic N) is 2. The molecule has 0 saturated carbocycles. The molecule has 2 aromatic rings. The minimum atomic E-state index is -0.175. The van der Waals surface area contributed by atoms with E-state index in [2.05, 4.69) is 17.3 Å². The van der Waals surface area contributed by atoms with Crippen LogP contribution >= 0.6 is 23.6 Å². The quantitative estimate of drug-likeness (QED) is 0.845. The van der Waals surface area contributed by atoms with Crippen molar-refractivity contribution < 1.29 is 4.79 Å². The minimum absolute atomic E-state index is 0.175. The fourth-order valence-corrected chi connectivity index (χ4v) is 2.62. The van der Waals surface area contributed by atoms with Gasteiger partial charge in [-0.2, -0.15) is 5.10 Å². The van der Waals surface area contributed by atoms with Gasteiger partial charge in [-0.05, 0) is 18.6 Å². The van der Waals surface area contributed by atoms with Crippen molar-refractivity contribution in [2.24, 2.45) is 12.8 Å². The zero-order valence-corrected chi connectivity index (χ0v) is 12.3. The highest BCUT2D eigenvalue weighted by atomic mass is 32.1. The average Bonchev–Trinajstić information content (AvgIpc) is 2.97. The lowest BCUT2D eigenvalue weighted by atomic mass is 10.3. The molecular weight excluding hydrogens is 280 g/mol. The molecule has 0 unspecified atom stereocenters. The smallest absolute Gasteiger partial charge is 0.266 e. The third-order valence-electron chi connectivity index (χ3n) is 2.67. The summed E-state index contributed by atoms with van der Waals surface area (Å²) in [6.45, 7) is 2.06. The highest BCUT2D eigenvalue weighted by molar-refractivity contribution is 7.80. The standard InChI is InChI=1S/C12H14N4OS2/c1-3-7-4-5-9(19-7)12(17)15-11-8(10(13)18)6-14-16(11)2/h4-6H,3H2,1-2H3,(H2,13,18)(H,15,17). The Morgan fingerprint density at radius 1 is 1.58 bits per heavy atom. The number of carbonyl (C=O) groups excluding carboxylic acids is 1. The van der Waals surface area contributed by atoms with Gasteiger partial charge in [0.05, 0.1) is 16.6 Å². The fraction of sp³-hybridized carbons (Fsp3) is 0.250. The second kappa shape index (κ2) is 5.50. The Labute approximate surface area is 120 Å². The number of anilines is 1. The zero-order valence-electron chi connectivity index (χ0n) is 10.6. The number of nitrogens with two attached hydrogens (primary N) is 1. The number of rotatable bonds is 4. The molecule has 0 aliphatic heterocycles. The highest BCUT2D eigenvalue weighted by Crippen LogP contribution is 2.20. The third kappa shape index (κ3) is 2.82. The van der Waals surface area contributed by atoms with Gasteiger partial charge in [-0.25, -0.2) is 0 Å². The van der Waals surface area contributed by atoms with Crippen molar-refractivity contribution in [1.29, 1.82) is 0 Å². The van der Waals surface area contributed by atoms with Crippen LogP contribution in [-0.4, -0.2) is 20.7 Å². The van der Waals surface area contributed by atoms with Crippen molar-refractivity contribution in [3.8, 4) is 0 Å². The number of hydrogen-bond acceptors (Lipinski definition) is 4. The van der Waals surface area contributed by atoms with E-state index in [1.807, 2.05) is 12.1 Å². The van der Waals surface area contributed by atoms with Crippen molar-refractivity contribution in [3.63, 3.8) is 0 Å². The second-order valence-corrected chi connectivity index (χ2v) is 5.58. The van der Waals surface area contributed by atoms with Crippen LogP contribution < -0.4 is 11.1 Å². The van der Waals surface area contributed by atoms with E-state index < -0.39 is 0 Å². The Hall–Kier alpha value is -1.73. The molecule has 5 nitrogen and oxygen atoms in total. The van der Waals surface area contributed by atoms with Gasteiger partial charge in [0.25, 0.3) is 5.91 Å². The molecule has 3 N–H and O–H groups in total. The molecule has 0 fully saturated rings. The van der Waals surface area contributed by atoms with Gasteiger partial charge in [-0.1, -0.05) is 19.1 Å². The number of hydrogen-bond donors (Lipinski definition) is 2. The normalized spacial score (nSPS) is 10.4. The van der Waals surface area contributed by atoms with E-state index in [4.69, 9.17) is 18.0 Å². The van der Waals surface area contributed by atoms with Crippen LogP contribution in [0.4, 0.5) is 5.82 Å². The van der Waals surface area contributed by atoms with Crippen molar-refractivity contribution in [3.05, 3.63) is 33.6 Å². The first kappa shape index (κ1) is 13.7. The summed E-state index contributed by atoms with van der Waals surface area (Å²) in [5.41, 5.74) is 6.17. The molecule has 0 aliphatic carbocycles. The predicted octanol–water partition coefficient (Wildman–Crippen LogP) is 1.93. The van der Waals surface area contributed by atoms with E-state index in [1.165, 1.54) is 16.2 Å². The SMILES string of the molecule is CCc1ccc(C(=O)Nc2c(C(N)=S)cnn2C)s1. The van der Waals surface area contributed by atoms with Crippen LogP contribution in [0.3, 0.4) is 0 Å². The molecule has 1 amide bonds. The average molecular weight is 294 g/mol. The maximum Gasteiger partial charge on any atom is 0.266 e. The van der Waals surface area contributed by atoms with Gasteiger partial charge in [0.1, 0.15) is 10.8 Å². The van der Waals surface area contributed by atoms with E-state index in [9.17, 15) is 4.79 Å². The monoisotopic (exact) mass is 294 g/mol. The van der Waals surface area contributed by atoms with Crippen molar-refractivity contribution in [2.45, 2.75) is 13.3 Å². The first-order valence-corrected chi connectivity index (χ1v) is 6.97. The summed E-state index contributed by atoms with van der Waals surface area (Å²) >= 11 is 6.41. The number of amides is 1. The second-order valence-electron chi connectivity index (χ2n) is 3.97. The molecule has 2 rings (SSSR count). The molecule has 2 aromatic heterocycles. The minimum Gasteiger partial charge on any atom is -0.389 e. The summed E-state index contributed by atoms with van der Waals surface area (Å²) < 4.78 is 1.54. The molecule has 0 bridgehead atoms. The Bertz CT molecular complexity index is 629. The van der Waals surface area contributed by atoms with Crippen molar-refractivity contribution in [2.75, 3.05) is 5.32 Å². The first-order chi connectivity index (χ1) is 9.02. The van der Waals surface area contributed by atoms with Crippen LogP contribution in [0.25, 0.3) is 0 Å². The summed E-state index contributed by atoms with van der Waals surface area (Å²) in [6, 6.07) is 3.77. The lowest BCUT2D eigenvalue weighted by Crippen LogP contribution is -2.18. The van der Waals surface area contributed by atoms with Gasteiger partial charge in [-0.3, -0.25) is 9.48 Å². The van der Waals surface area contributed by atoms with E-state index in [-0.39, 0.29) is 10.9 Å². The molecule has 0 spiro atoms. The van der Waals surface area contributed by atoms with Crippen LogP contribution in [0.2, 0.25) is 0 Å². The summed E-state index contributed by atoms with van der Waals surface area (Å²) in [4.78, 5) is 14.2. The summed E-state index contributed by atoms with van der Waals surface area (Å²) in [5, 5.41) is 6.84. The van der Waals surface area contributed by atoms with Crippen molar-refractivity contribution >= 4 is 40.3 Å². The molecule has 7 heteroatoms. The Morgan fingerprint density at radius 2 is 2.32 bits per heavy atom. The summed E-state index contributed by atoms with van der Waals surface area (Å²) in [6.07, 6.45) is 2.46. The van der Waals surface area contributed by atoms with Crippen LogP contribution in [-0.2, 0) is 13.5 Å². The van der Waals surface area contributed by atoms with Gasteiger partial charge < -0.3 is 11.1 Å². The number of thiophene rings is 1. The summed E-state index contributed by atoms with van der Waals surface area (Å²) in [5.74, 6) is 0.342. The Balaban J connectivity index is 2.23. The zero-order chi connectivity index (χ0) is 14.0. The lowest BCUT2D eigenvalue weighted by Gasteiger charge is -2.06. The van der Waals surface area contributed by atoms with Gasteiger partial charge >= 0.3 is 0 Å². The highest BCUT2D eigenvalue weighted by Gasteiger charge is 2.16. The van der Waals surface area contributed by atoms with E-state index in [0.717, 1.165) is 6.42 Å². The summed E-state index contributed by atoms with van der Waals surface area (Å²) in [7, 11) is 1.73. The first-order valence-electron chi connectivity index (χ1n) is 5.74. The van der Waals surface area contributed by atoms with Crippen molar-refractivity contribution in [1.82, 2.24) is 9.78 Å². The number of nitrogens with one attached hydrogen (secondary N) is 1. The molecule has 2 heterocycles. The van der Waals surface area contributed by atoms with E-state index in [1.54, 1.807) is 17.9 Å². The molecule has 19 heavy (non-hydrogen) atoms. The Kier molecular flexibility index (Phi) is 3.96. The number of aromatic nitrogens is 2. The van der Waals surface area contributed by atoms with E-state index in [0.29, 0.717) is 16.3 Å². The van der Waals surface area contributed by atoms with Crippen LogP contribution in [0.5, 0.6) is 0 Å². The van der Waals surface area contributed by atoms with Gasteiger partial charge in [0, 0.05) is 11.9 Å². The topological polar surface area (TPSA) is 72.9 Å².